The minimum absolute atomic E-state index is 0.0551. The third-order valence-corrected chi connectivity index (χ3v) is 10.6. The van der Waals surface area contributed by atoms with E-state index in [1.807, 2.05) is 56.3 Å². The fourth-order valence-corrected chi connectivity index (χ4v) is 6.44. The van der Waals surface area contributed by atoms with Gasteiger partial charge in [0.05, 0.1) is 24.0 Å². The molecule has 0 aliphatic rings. The first-order valence-electron chi connectivity index (χ1n) is 18.2. The summed E-state index contributed by atoms with van der Waals surface area (Å²) in [6.45, 7) is 7.56. The Morgan fingerprint density at radius 1 is 0.786 bits per heavy atom. The molecule has 0 bridgehead atoms. The van der Waals surface area contributed by atoms with E-state index in [1.54, 1.807) is 50.5 Å². The van der Waals surface area contributed by atoms with Gasteiger partial charge in [-0.25, -0.2) is 8.42 Å². The summed E-state index contributed by atoms with van der Waals surface area (Å²) in [6, 6.07) is 21.8. The number of rotatable bonds is 18. The highest BCUT2D eigenvalue weighted by atomic mass is 35.5. The number of nitrogens with one attached hydrogen (secondary N) is 5. The number of sulfonamides is 1. The molecule has 13 nitrogen and oxygen atoms in total. The molecule has 15 heteroatoms. The minimum Gasteiger partial charge on any atom is -0.350 e. The molecule has 0 saturated carbocycles. The van der Waals surface area contributed by atoms with E-state index in [0.717, 1.165) is 27.3 Å². The summed E-state index contributed by atoms with van der Waals surface area (Å²) in [4.78, 5) is 58.1. The van der Waals surface area contributed by atoms with Crippen LogP contribution in [0, 0.1) is 5.92 Å². The van der Waals surface area contributed by atoms with Crippen LogP contribution >= 0.6 is 11.6 Å². The number of nitrogens with zero attached hydrogens (tertiary/aromatic N) is 2. The number of hydrogen-bond donors (Lipinski definition) is 5. The summed E-state index contributed by atoms with van der Waals surface area (Å²) in [7, 11) is -2.42. The fraction of sp³-hybridized carbons (Fsp3) is 0.341. The summed E-state index contributed by atoms with van der Waals surface area (Å²) in [5.74, 6) is -2.01. The van der Waals surface area contributed by atoms with Crippen LogP contribution in [0.2, 0.25) is 5.02 Å². The molecule has 0 unspecified atom stereocenters. The minimum atomic E-state index is -3.76. The highest BCUT2D eigenvalue weighted by Crippen LogP contribution is 2.23. The van der Waals surface area contributed by atoms with E-state index in [4.69, 9.17) is 11.6 Å². The van der Waals surface area contributed by atoms with Crippen molar-refractivity contribution < 1.29 is 27.6 Å². The van der Waals surface area contributed by atoms with Gasteiger partial charge in [0.25, 0.3) is 11.8 Å². The summed E-state index contributed by atoms with van der Waals surface area (Å²) >= 11 is 6.15. The van der Waals surface area contributed by atoms with Crippen LogP contribution in [-0.2, 0) is 32.6 Å². The molecule has 0 aliphatic heterocycles. The molecule has 56 heavy (non-hydrogen) atoms. The molecule has 0 radical (unpaired) electrons. The van der Waals surface area contributed by atoms with E-state index >= 15 is 0 Å². The zero-order valence-electron chi connectivity index (χ0n) is 32.4. The van der Waals surface area contributed by atoms with Gasteiger partial charge < -0.3 is 26.6 Å². The van der Waals surface area contributed by atoms with Crippen LogP contribution in [-0.4, -0.2) is 75.0 Å². The molecule has 4 atom stereocenters. The Bertz CT molecular complexity index is 2090. The first-order valence-corrected chi connectivity index (χ1v) is 20.4. The van der Waals surface area contributed by atoms with Crippen molar-refractivity contribution in [2.24, 2.45) is 5.92 Å². The number of carbonyl (C=O) groups is 4. The normalized spacial score (nSPS) is 13.5. The van der Waals surface area contributed by atoms with Gasteiger partial charge in [-0.15, -0.1) is 0 Å². The lowest BCUT2D eigenvalue weighted by Gasteiger charge is -2.26. The molecular formula is C41H50ClN7O6S. The molecule has 4 rings (SSSR count). The van der Waals surface area contributed by atoms with Gasteiger partial charge in [-0.3, -0.25) is 28.5 Å². The summed E-state index contributed by atoms with van der Waals surface area (Å²) in [6.07, 6.45) is 4.71. The topological polar surface area (TPSA) is 179 Å². The van der Waals surface area contributed by atoms with Crippen molar-refractivity contribution in [2.45, 2.75) is 64.8 Å². The molecule has 4 amide bonds. The third kappa shape index (κ3) is 12.9. The second kappa shape index (κ2) is 20.0. The summed E-state index contributed by atoms with van der Waals surface area (Å²) in [5, 5.41) is 15.3. The fourth-order valence-electron chi connectivity index (χ4n) is 5.75. The molecule has 3 aromatic carbocycles. The Balaban J connectivity index is 1.51. The van der Waals surface area contributed by atoms with Crippen molar-refractivity contribution in [1.29, 1.82) is 0 Å². The average molecular weight is 804 g/mol. The van der Waals surface area contributed by atoms with E-state index < -0.39 is 51.9 Å². The van der Waals surface area contributed by atoms with Gasteiger partial charge in [-0.1, -0.05) is 74.0 Å². The zero-order valence-corrected chi connectivity index (χ0v) is 33.9. The second-order valence-electron chi connectivity index (χ2n) is 14.0. The van der Waals surface area contributed by atoms with Gasteiger partial charge in [0.15, 0.2) is 0 Å². The Hall–Kier alpha value is -5.31. The van der Waals surface area contributed by atoms with E-state index in [2.05, 4.69) is 31.6 Å². The van der Waals surface area contributed by atoms with Crippen LogP contribution in [0.4, 0.5) is 5.69 Å². The Labute approximate surface area is 334 Å². The molecule has 1 heterocycles. The molecular weight excluding hydrogens is 754 g/mol. The van der Waals surface area contributed by atoms with Crippen molar-refractivity contribution in [3.63, 3.8) is 0 Å². The molecule has 4 aromatic rings. The molecule has 0 aliphatic carbocycles. The lowest BCUT2D eigenvalue weighted by atomic mass is 10.0. The second-order valence-corrected chi connectivity index (χ2v) is 16.5. The van der Waals surface area contributed by atoms with Gasteiger partial charge in [0, 0.05) is 54.7 Å². The quantitative estimate of drug-likeness (QED) is 0.0983. The average Bonchev–Trinajstić information content (AvgIpc) is 3.17. The third-order valence-electron chi connectivity index (χ3n) is 9.16. The van der Waals surface area contributed by atoms with Crippen LogP contribution < -0.4 is 30.9 Å². The maximum Gasteiger partial charge on any atom is 0.251 e. The van der Waals surface area contributed by atoms with Crippen LogP contribution in [0.25, 0.3) is 0 Å². The van der Waals surface area contributed by atoms with Crippen molar-refractivity contribution in [1.82, 2.24) is 31.6 Å². The standard InChI is InChI=1S/C41H50ClN7O6S/c1-26(2)37(41(53)45-24-30-14-11-17-43-23-30)48-38(50)28(4)44-25-35(18-29-12-8-7-9-13-29)47-40(52)33-19-32(21-36(22-33)49(5)56(6,54)55)39(51)46-27(3)31-15-10-16-34(42)20-31/h7-17,19-23,26-28,35,37,44H,18,24-25H2,1-6H3,(H,45,53)(H,46,51)(H,47,52)(H,48,50)/t27-,28+,35+,37+/m1/s1. The van der Waals surface area contributed by atoms with Gasteiger partial charge >= 0.3 is 0 Å². The van der Waals surface area contributed by atoms with Gasteiger partial charge in [-0.05, 0) is 79.3 Å². The first kappa shape index (κ1) is 43.4. The van der Waals surface area contributed by atoms with Crippen molar-refractivity contribution in [3.05, 3.63) is 130 Å². The monoisotopic (exact) mass is 803 g/mol. The molecule has 298 valence electrons. The van der Waals surface area contributed by atoms with Crippen LogP contribution in [0.15, 0.2) is 97.3 Å². The largest absolute Gasteiger partial charge is 0.350 e. The number of hydrogen-bond acceptors (Lipinski definition) is 8. The smallest absolute Gasteiger partial charge is 0.251 e. The van der Waals surface area contributed by atoms with Crippen molar-refractivity contribution >= 4 is 50.9 Å². The number of anilines is 1. The number of aromatic nitrogens is 1. The van der Waals surface area contributed by atoms with Gasteiger partial charge in [0.1, 0.15) is 6.04 Å². The van der Waals surface area contributed by atoms with Crippen LogP contribution in [0.5, 0.6) is 0 Å². The maximum atomic E-state index is 14.0. The van der Waals surface area contributed by atoms with Crippen LogP contribution in [0.3, 0.4) is 0 Å². The lowest BCUT2D eigenvalue weighted by Crippen LogP contribution is -2.55. The molecule has 1 aromatic heterocycles. The van der Waals surface area contributed by atoms with E-state index in [1.165, 1.54) is 25.2 Å². The van der Waals surface area contributed by atoms with E-state index in [0.29, 0.717) is 11.4 Å². The maximum absolute atomic E-state index is 14.0. The first-order chi connectivity index (χ1) is 26.5. The van der Waals surface area contributed by atoms with E-state index in [9.17, 15) is 27.6 Å². The number of carbonyl (C=O) groups excluding carboxylic acids is 4. The Morgan fingerprint density at radius 2 is 1.45 bits per heavy atom. The molecule has 0 saturated heterocycles. The van der Waals surface area contributed by atoms with Gasteiger partial charge in [-0.2, -0.15) is 0 Å². The highest BCUT2D eigenvalue weighted by molar-refractivity contribution is 7.92. The zero-order chi connectivity index (χ0) is 41.0. The predicted molar refractivity (Wildman–Crippen MR) is 219 cm³/mol. The number of amides is 4. The molecule has 0 spiro atoms. The SMILES string of the molecule is CC(C)[C@H](NC(=O)[C@H](C)NC[C@H](Cc1ccccc1)NC(=O)c1cc(C(=O)N[C@H](C)c2cccc(Cl)c2)cc(N(C)S(C)(=O)=O)c1)C(=O)NCc1cccnc1. The summed E-state index contributed by atoms with van der Waals surface area (Å²) in [5.41, 5.74) is 2.75. The van der Waals surface area contributed by atoms with E-state index in [-0.39, 0.29) is 41.7 Å². The summed E-state index contributed by atoms with van der Waals surface area (Å²) < 4.78 is 26.1. The number of halogens is 1. The predicted octanol–water partition coefficient (Wildman–Crippen LogP) is 4.40. The van der Waals surface area contributed by atoms with Crippen LogP contribution in [0.1, 0.15) is 71.1 Å². The Kier molecular flexibility index (Phi) is 15.5. The highest BCUT2D eigenvalue weighted by Gasteiger charge is 2.27. The van der Waals surface area contributed by atoms with Gasteiger partial charge in [0.2, 0.25) is 21.8 Å². The van der Waals surface area contributed by atoms with Crippen molar-refractivity contribution in [3.8, 4) is 0 Å². The Morgan fingerprint density at radius 3 is 2.05 bits per heavy atom. The molecule has 0 fully saturated rings. The lowest BCUT2D eigenvalue weighted by molar-refractivity contribution is -0.131. The number of pyridine rings is 1. The number of benzene rings is 3. The molecule has 5 N–H and O–H groups in total. The van der Waals surface area contributed by atoms with Crippen molar-refractivity contribution in [2.75, 3.05) is 24.2 Å².